The van der Waals surface area contributed by atoms with E-state index in [2.05, 4.69) is 20.6 Å². The lowest BCUT2D eigenvalue weighted by Crippen LogP contribution is -2.16. The Morgan fingerprint density at radius 2 is 1.03 bits per heavy atom. The Bertz CT molecular complexity index is 1090. The van der Waals surface area contributed by atoms with Crippen molar-refractivity contribution in [2.75, 3.05) is 13.1 Å². The molecule has 0 atom stereocenters. The quantitative estimate of drug-likeness (QED) is 0.259. The number of unbranched alkanes of at least 4 members (excludes halogenated alkanes) is 3. The number of phenols is 2. The maximum absolute atomic E-state index is 9.94. The van der Waals surface area contributed by atoms with Crippen LogP contribution < -0.4 is 10.6 Å². The Labute approximate surface area is 188 Å². The number of nitrogens with zero attached hydrogens (tertiary/aromatic N) is 2. The Hall–Kier alpha value is -3.22. The third kappa shape index (κ3) is 5.72. The van der Waals surface area contributed by atoms with Crippen molar-refractivity contribution in [2.45, 2.75) is 38.8 Å². The summed E-state index contributed by atoms with van der Waals surface area (Å²) < 4.78 is 0. The number of fused-ring (bicyclic) bond motifs is 2. The highest BCUT2D eigenvalue weighted by molar-refractivity contribution is 5.84. The van der Waals surface area contributed by atoms with E-state index in [-0.39, 0.29) is 11.5 Å². The molecule has 2 aromatic heterocycles. The summed E-state index contributed by atoms with van der Waals surface area (Å²) in [5, 5.41) is 28.7. The first-order valence-electron chi connectivity index (χ1n) is 11.3. The van der Waals surface area contributed by atoms with Gasteiger partial charge in [0.15, 0.2) is 0 Å². The van der Waals surface area contributed by atoms with Gasteiger partial charge in [-0.25, -0.2) is 9.97 Å². The lowest BCUT2D eigenvalue weighted by molar-refractivity contribution is 0.479. The molecule has 166 valence electrons. The Balaban J connectivity index is 1.07. The normalized spacial score (nSPS) is 11.4. The van der Waals surface area contributed by atoms with Gasteiger partial charge in [0, 0.05) is 23.9 Å². The standard InChI is InChI=1S/C26H30N4O2/c31-23-9-5-7-19-11-13-21(29-25(19)23)17-27-15-3-1-2-4-16-28-18-22-14-12-20-8-6-10-24(32)26(20)30-22/h5-14,27-28,31-32H,1-4,15-18H2. The molecule has 0 radical (unpaired) electrons. The van der Waals surface area contributed by atoms with E-state index in [4.69, 9.17) is 0 Å². The van der Waals surface area contributed by atoms with Gasteiger partial charge in [0.25, 0.3) is 0 Å². The fourth-order valence-electron chi connectivity index (χ4n) is 3.83. The zero-order valence-corrected chi connectivity index (χ0v) is 18.2. The monoisotopic (exact) mass is 430 g/mol. The number of rotatable bonds is 11. The number of phenolic OH excluding ortho intramolecular Hbond substituents is 2. The summed E-state index contributed by atoms with van der Waals surface area (Å²) in [4.78, 5) is 9.10. The molecule has 0 aliphatic rings. The van der Waals surface area contributed by atoms with Crippen molar-refractivity contribution in [3.8, 4) is 11.5 Å². The highest BCUT2D eigenvalue weighted by Crippen LogP contribution is 2.23. The predicted octanol–water partition coefficient (Wildman–Crippen LogP) is 4.63. The number of pyridine rings is 2. The summed E-state index contributed by atoms with van der Waals surface area (Å²) in [6, 6.07) is 18.9. The van der Waals surface area contributed by atoms with Gasteiger partial charge in [0.05, 0.1) is 11.4 Å². The second kappa shape index (κ2) is 10.9. The number of aromatic nitrogens is 2. The zero-order chi connectivity index (χ0) is 22.2. The maximum Gasteiger partial charge on any atom is 0.141 e. The van der Waals surface area contributed by atoms with Gasteiger partial charge in [-0.15, -0.1) is 0 Å². The van der Waals surface area contributed by atoms with Gasteiger partial charge in [0.1, 0.15) is 22.5 Å². The maximum atomic E-state index is 9.94. The lowest BCUT2D eigenvalue weighted by atomic mass is 10.1. The van der Waals surface area contributed by atoms with Crippen LogP contribution in [-0.4, -0.2) is 33.3 Å². The van der Waals surface area contributed by atoms with Crippen LogP contribution >= 0.6 is 0 Å². The van der Waals surface area contributed by atoms with E-state index in [1.165, 1.54) is 12.8 Å². The molecule has 0 aliphatic heterocycles. The molecule has 0 amide bonds. The van der Waals surface area contributed by atoms with Crippen molar-refractivity contribution >= 4 is 21.8 Å². The van der Waals surface area contributed by atoms with Gasteiger partial charge in [0.2, 0.25) is 0 Å². The summed E-state index contributed by atoms with van der Waals surface area (Å²) in [5.41, 5.74) is 3.21. The molecule has 0 bridgehead atoms. The van der Waals surface area contributed by atoms with Crippen molar-refractivity contribution in [3.63, 3.8) is 0 Å². The fraction of sp³-hybridized carbons (Fsp3) is 0.308. The molecule has 4 rings (SSSR count). The minimum Gasteiger partial charge on any atom is -0.506 e. The molecule has 6 heteroatoms. The molecule has 0 fully saturated rings. The van der Waals surface area contributed by atoms with E-state index in [0.717, 1.165) is 48.1 Å². The molecule has 6 nitrogen and oxygen atoms in total. The van der Waals surface area contributed by atoms with Crippen molar-refractivity contribution in [1.82, 2.24) is 20.6 Å². The van der Waals surface area contributed by atoms with E-state index >= 15 is 0 Å². The summed E-state index contributed by atoms with van der Waals surface area (Å²) in [6.45, 7) is 3.33. The molecule has 0 unspecified atom stereocenters. The first kappa shape index (κ1) is 22.0. The second-order valence-electron chi connectivity index (χ2n) is 8.07. The second-order valence-corrected chi connectivity index (χ2v) is 8.07. The molecule has 4 N–H and O–H groups in total. The van der Waals surface area contributed by atoms with Gasteiger partial charge < -0.3 is 20.8 Å². The van der Waals surface area contributed by atoms with Crippen molar-refractivity contribution < 1.29 is 10.2 Å². The molecule has 0 saturated heterocycles. The largest absolute Gasteiger partial charge is 0.506 e. The molecule has 0 saturated carbocycles. The molecule has 32 heavy (non-hydrogen) atoms. The van der Waals surface area contributed by atoms with E-state index in [1.54, 1.807) is 12.1 Å². The van der Waals surface area contributed by atoms with Crippen LogP contribution in [0.1, 0.15) is 37.1 Å². The lowest BCUT2D eigenvalue weighted by Gasteiger charge is -2.08. The SMILES string of the molecule is Oc1cccc2ccc(CNCCCCCCNCc3ccc4cccc(O)c4n3)nc12. The number of para-hydroxylation sites is 2. The highest BCUT2D eigenvalue weighted by atomic mass is 16.3. The van der Waals surface area contributed by atoms with Crippen molar-refractivity contribution in [3.05, 3.63) is 72.1 Å². The molecular weight excluding hydrogens is 400 g/mol. The summed E-state index contributed by atoms with van der Waals surface area (Å²) in [5.74, 6) is 0.458. The minimum absolute atomic E-state index is 0.229. The molecule has 2 heterocycles. The molecule has 2 aromatic carbocycles. The van der Waals surface area contributed by atoms with Gasteiger partial charge in [-0.2, -0.15) is 0 Å². The van der Waals surface area contributed by atoms with Gasteiger partial charge in [-0.3, -0.25) is 0 Å². The number of benzene rings is 2. The fourth-order valence-corrected chi connectivity index (χ4v) is 3.83. The smallest absolute Gasteiger partial charge is 0.141 e. The van der Waals surface area contributed by atoms with Crippen LogP contribution in [0.3, 0.4) is 0 Å². The topological polar surface area (TPSA) is 90.3 Å². The van der Waals surface area contributed by atoms with Gasteiger partial charge >= 0.3 is 0 Å². The van der Waals surface area contributed by atoms with E-state index in [0.29, 0.717) is 24.1 Å². The van der Waals surface area contributed by atoms with E-state index < -0.39 is 0 Å². The number of nitrogens with one attached hydrogen (secondary N) is 2. The number of hydrogen-bond donors (Lipinski definition) is 4. The summed E-state index contributed by atoms with van der Waals surface area (Å²) in [6.07, 6.45) is 4.63. The molecule has 4 aromatic rings. The third-order valence-electron chi connectivity index (χ3n) is 5.58. The van der Waals surface area contributed by atoms with Crippen LogP contribution in [0.25, 0.3) is 21.8 Å². The molecule has 0 spiro atoms. The van der Waals surface area contributed by atoms with Crippen LogP contribution in [0.4, 0.5) is 0 Å². The summed E-state index contributed by atoms with van der Waals surface area (Å²) in [7, 11) is 0. The highest BCUT2D eigenvalue weighted by Gasteiger charge is 2.04. The van der Waals surface area contributed by atoms with Crippen LogP contribution in [0.2, 0.25) is 0 Å². The third-order valence-corrected chi connectivity index (χ3v) is 5.58. The van der Waals surface area contributed by atoms with Gasteiger partial charge in [-0.1, -0.05) is 49.2 Å². The Morgan fingerprint density at radius 1 is 0.562 bits per heavy atom. The Morgan fingerprint density at radius 3 is 1.50 bits per heavy atom. The van der Waals surface area contributed by atoms with E-state index in [1.807, 2.05) is 48.5 Å². The minimum atomic E-state index is 0.229. The van der Waals surface area contributed by atoms with Crippen molar-refractivity contribution in [1.29, 1.82) is 0 Å². The molecular formula is C26H30N4O2. The van der Waals surface area contributed by atoms with Crippen LogP contribution in [0.15, 0.2) is 60.7 Å². The van der Waals surface area contributed by atoms with Gasteiger partial charge in [-0.05, 0) is 50.2 Å². The first-order valence-corrected chi connectivity index (χ1v) is 11.3. The first-order chi connectivity index (χ1) is 15.7. The zero-order valence-electron chi connectivity index (χ0n) is 18.2. The van der Waals surface area contributed by atoms with E-state index in [9.17, 15) is 10.2 Å². The predicted molar refractivity (Wildman–Crippen MR) is 129 cm³/mol. The Kier molecular flexibility index (Phi) is 7.48. The number of aromatic hydroxyl groups is 2. The average Bonchev–Trinajstić information content (AvgIpc) is 2.81. The van der Waals surface area contributed by atoms with Crippen molar-refractivity contribution in [2.24, 2.45) is 0 Å². The number of hydrogen-bond acceptors (Lipinski definition) is 6. The van der Waals surface area contributed by atoms with Crippen LogP contribution in [0.5, 0.6) is 11.5 Å². The van der Waals surface area contributed by atoms with Crippen LogP contribution in [-0.2, 0) is 13.1 Å². The van der Waals surface area contributed by atoms with Crippen LogP contribution in [0, 0.1) is 0 Å². The summed E-state index contributed by atoms with van der Waals surface area (Å²) >= 11 is 0. The molecule has 0 aliphatic carbocycles. The average molecular weight is 431 g/mol.